The van der Waals surface area contributed by atoms with Crippen molar-refractivity contribution in [1.82, 2.24) is 10.3 Å². The Kier molecular flexibility index (Phi) is 4.84. The molecule has 0 radical (unpaired) electrons. The number of hydrogen-bond donors (Lipinski definition) is 2. The summed E-state index contributed by atoms with van der Waals surface area (Å²) in [6.45, 7) is 4.49. The molecule has 0 saturated heterocycles. The van der Waals surface area contributed by atoms with Gasteiger partial charge in [0.15, 0.2) is 11.6 Å². The number of nitrogens with zero attached hydrogens (tertiary/aromatic N) is 1. The van der Waals surface area contributed by atoms with Gasteiger partial charge in [-0.3, -0.25) is 4.79 Å². The van der Waals surface area contributed by atoms with Crippen LogP contribution in [0.4, 0.5) is 10.2 Å². The van der Waals surface area contributed by atoms with Crippen molar-refractivity contribution in [3.05, 3.63) is 23.6 Å². The number of rotatable bonds is 5. The fourth-order valence-electron chi connectivity index (χ4n) is 1.19. The maximum absolute atomic E-state index is 13.4. The zero-order valence-corrected chi connectivity index (χ0v) is 9.87. The molecule has 3 N–H and O–H groups in total. The number of halogens is 1. The molecule has 1 amide bonds. The number of anilines is 1. The normalized spacial score (nSPS) is 10.6. The Morgan fingerprint density at radius 2 is 2.35 bits per heavy atom. The van der Waals surface area contributed by atoms with Crippen LogP contribution in [0.2, 0.25) is 0 Å². The third kappa shape index (κ3) is 3.99. The average molecular weight is 241 g/mol. The van der Waals surface area contributed by atoms with E-state index in [1.54, 1.807) is 0 Å². The number of nitrogen functional groups attached to an aromatic ring is 1. The predicted octanol–water partition coefficient (Wildman–Crippen LogP) is 0.958. The van der Waals surface area contributed by atoms with Crippen molar-refractivity contribution in [2.75, 3.05) is 18.9 Å². The summed E-state index contributed by atoms with van der Waals surface area (Å²) in [5.74, 6) is -1.60. The topological polar surface area (TPSA) is 77.2 Å². The Hall–Kier alpha value is -1.69. The number of hydrogen-bond acceptors (Lipinski definition) is 4. The Morgan fingerprint density at radius 3 is 3.00 bits per heavy atom. The molecule has 1 aromatic rings. The Balaban J connectivity index is 2.50. The van der Waals surface area contributed by atoms with Gasteiger partial charge in [0, 0.05) is 12.7 Å². The minimum atomic E-state index is -0.797. The van der Waals surface area contributed by atoms with E-state index in [4.69, 9.17) is 10.5 Å². The molecule has 0 aromatic carbocycles. The molecule has 0 fully saturated rings. The van der Waals surface area contributed by atoms with Crippen LogP contribution < -0.4 is 11.1 Å². The lowest BCUT2D eigenvalue weighted by molar-refractivity contribution is 0.0745. The van der Waals surface area contributed by atoms with Gasteiger partial charge in [-0.2, -0.15) is 0 Å². The third-order valence-corrected chi connectivity index (χ3v) is 2.00. The first-order valence-corrected chi connectivity index (χ1v) is 5.32. The molecule has 0 bridgehead atoms. The fourth-order valence-corrected chi connectivity index (χ4v) is 1.19. The van der Waals surface area contributed by atoms with Crippen molar-refractivity contribution in [2.45, 2.75) is 20.0 Å². The number of carbonyl (C=O) groups is 1. The maximum atomic E-state index is 13.4. The van der Waals surface area contributed by atoms with Crippen molar-refractivity contribution in [1.29, 1.82) is 0 Å². The number of nitrogens with one attached hydrogen (secondary N) is 1. The van der Waals surface area contributed by atoms with Crippen LogP contribution in [-0.4, -0.2) is 30.1 Å². The Labute approximate surface area is 99.2 Å². The number of aromatic nitrogens is 1. The summed E-state index contributed by atoms with van der Waals surface area (Å²) in [6, 6.07) is 1.28. The first-order valence-electron chi connectivity index (χ1n) is 5.32. The van der Waals surface area contributed by atoms with Crippen LogP contribution in [0.15, 0.2) is 12.3 Å². The van der Waals surface area contributed by atoms with Gasteiger partial charge in [0.25, 0.3) is 5.91 Å². The Morgan fingerprint density at radius 1 is 1.65 bits per heavy atom. The van der Waals surface area contributed by atoms with Gasteiger partial charge in [-0.15, -0.1) is 0 Å². The number of amides is 1. The van der Waals surface area contributed by atoms with E-state index in [9.17, 15) is 9.18 Å². The van der Waals surface area contributed by atoms with E-state index in [0.717, 1.165) is 0 Å². The summed E-state index contributed by atoms with van der Waals surface area (Å²) in [6.07, 6.45) is 1.39. The lowest BCUT2D eigenvalue weighted by Crippen LogP contribution is -2.29. The molecular formula is C11H16FN3O2. The molecular weight excluding hydrogens is 225 g/mol. The van der Waals surface area contributed by atoms with E-state index in [1.165, 1.54) is 12.3 Å². The summed E-state index contributed by atoms with van der Waals surface area (Å²) in [5.41, 5.74) is 5.15. The largest absolute Gasteiger partial charge is 0.381 e. The molecule has 17 heavy (non-hydrogen) atoms. The highest BCUT2D eigenvalue weighted by molar-refractivity contribution is 5.95. The highest BCUT2D eigenvalue weighted by atomic mass is 19.1. The SMILES string of the molecule is CC(C)OCCNC(=O)c1ccnc(N)c1F. The minimum Gasteiger partial charge on any atom is -0.381 e. The van der Waals surface area contributed by atoms with E-state index >= 15 is 0 Å². The second-order valence-corrected chi connectivity index (χ2v) is 3.73. The second-order valence-electron chi connectivity index (χ2n) is 3.73. The van der Waals surface area contributed by atoms with Crippen LogP contribution in [0.1, 0.15) is 24.2 Å². The van der Waals surface area contributed by atoms with Crippen LogP contribution in [0.5, 0.6) is 0 Å². The van der Waals surface area contributed by atoms with Crippen molar-refractivity contribution < 1.29 is 13.9 Å². The molecule has 0 atom stereocenters. The second kappa shape index (κ2) is 6.15. The molecule has 0 saturated carbocycles. The van der Waals surface area contributed by atoms with Gasteiger partial charge in [0.05, 0.1) is 18.3 Å². The zero-order valence-electron chi connectivity index (χ0n) is 9.87. The van der Waals surface area contributed by atoms with Gasteiger partial charge in [-0.1, -0.05) is 0 Å². The molecule has 6 heteroatoms. The molecule has 94 valence electrons. The van der Waals surface area contributed by atoms with Crippen LogP contribution in [-0.2, 0) is 4.74 Å². The molecule has 0 unspecified atom stereocenters. The predicted molar refractivity (Wildman–Crippen MR) is 62.0 cm³/mol. The maximum Gasteiger partial charge on any atom is 0.254 e. The number of ether oxygens (including phenoxy) is 1. The zero-order chi connectivity index (χ0) is 12.8. The summed E-state index contributed by atoms with van der Waals surface area (Å²) < 4.78 is 18.6. The first kappa shape index (κ1) is 13.4. The van der Waals surface area contributed by atoms with Gasteiger partial charge in [0.1, 0.15) is 0 Å². The molecule has 0 aliphatic carbocycles. The molecule has 5 nitrogen and oxygen atoms in total. The van der Waals surface area contributed by atoms with E-state index in [-0.39, 0.29) is 17.5 Å². The monoisotopic (exact) mass is 241 g/mol. The average Bonchev–Trinajstić information content (AvgIpc) is 2.27. The van der Waals surface area contributed by atoms with E-state index < -0.39 is 11.7 Å². The molecule has 1 rings (SSSR count). The third-order valence-electron chi connectivity index (χ3n) is 2.00. The molecule has 1 heterocycles. The standard InChI is InChI=1S/C11H16FN3O2/c1-7(2)17-6-5-15-11(16)8-3-4-14-10(13)9(8)12/h3-4,7H,5-6H2,1-2H3,(H2,13,14)(H,15,16). The van der Waals surface area contributed by atoms with E-state index in [0.29, 0.717) is 13.2 Å². The molecule has 0 aliphatic rings. The highest BCUT2D eigenvalue weighted by Gasteiger charge is 2.13. The van der Waals surface area contributed by atoms with Gasteiger partial charge >= 0.3 is 0 Å². The molecule has 0 spiro atoms. The van der Waals surface area contributed by atoms with E-state index in [1.807, 2.05) is 13.8 Å². The van der Waals surface area contributed by atoms with Gasteiger partial charge in [-0.25, -0.2) is 9.37 Å². The van der Waals surface area contributed by atoms with Crippen molar-refractivity contribution in [3.8, 4) is 0 Å². The number of nitrogens with two attached hydrogens (primary N) is 1. The highest BCUT2D eigenvalue weighted by Crippen LogP contribution is 2.11. The van der Waals surface area contributed by atoms with Crippen molar-refractivity contribution in [3.63, 3.8) is 0 Å². The van der Waals surface area contributed by atoms with Crippen LogP contribution in [0.3, 0.4) is 0 Å². The summed E-state index contributed by atoms with van der Waals surface area (Å²) in [7, 11) is 0. The lowest BCUT2D eigenvalue weighted by atomic mass is 10.2. The number of pyridine rings is 1. The summed E-state index contributed by atoms with van der Waals surface area (Å²) in [5, 5.41) is 2.54. The van der Waals surface area contributed by atoms with Crippen molar-refractivity contribution in [2.24, 2.45) is 0 Å². The van der Waals surface area contributed by atoms with Gasteiger partial charge < -0.3 is 15.8 Å². The van der Waals surface area contributed by atoms with E-state index in [2.05, 4.69) is 10.3 Å². The van der Waals surface area contributed by atoms with Crippen molar-refractivity contribution >= 4 is 11.7 Å². The lowest BCUT2D eigenvalue weighted by Gasteiger charge is -2.09. The molecule has 0 aliphatic heterocycles. The minimum absolute atomic E-state index is 0.0974. The number of carbonyl (C=O) groups excluding carboxylic acids is 1. The molecule has 1 aromatic heterocycles. The summed E-state index contributed by atoms with van der Waals surface area (Å²) >= 11 is 0. The first-order chi connectivity index (χ1) is 8.02. The van der Waals surface area contributed by atoms with Gasteiger partial charge in [-0.05, 0) is 19.9 Å². The quantitative estimate of drug-likeness (QED) is 0.753. The van der Waals surface area contributed by atoms with Crippen LogP contribution >= 0.6 is 0 Å². The van der Waals surface area contributed by atoms with Crippen LogP contribution in [0, 0.1) is 5.82 Å². The smallest absolute Gasteiger partial charge is 0.254 e. The summed E-state index contributed by atoms with van der Waals surface area (Å²) in [4.78, 5) is 15.1. The fraction of sp³-hybridized carbons (Fsp3) is 0.455. The Bertz CT molecular complexity index is 396. The van der Waals surface area contributed by atoms with Gasteiger partial charge in [0.2, 0.25) is 0 Å². The van der Waals surface area contributed by atoms with Crippen LogP contribution in [0.25, 0.3) is 0 Å².